The molecule has 0 bridgehead atoms. The predicted molar refractivity (Wildman–Crippen MR) is 74.5 cm³/mol. The lowest BCUT2D eigenvalue weighted by atomic mass is 10.2. The van der Waals surface area contributed by atoms with Crippen LogP contribution in [0.3, 0.4) is 0 Å². The topological polar surface area (TPSA) is 101 Å². The molecule has 0 aromatic rings. The molecule has 0 heterocycles. The summed E-state index contributed by atoms with van der Waals surface area (Å²) in [5.74, 6) is -2.11. The Balaban J connectivity index is 4.29. The van der Waals surface area contributed by atoms with Crippen LogP contribution in [0.25, 0.3) is 0 Å². The molecule has 0 aliphatic rings. The van der Waals surface area contributed by atoms with E-state index in [0.717, 1.165) is 25.8 Å². The number of carboxylic acid groups (broad SMARTS) is 2. The van der Waals surface area contributed by atoms with Crippen molar-refractivity contribution in [1.82, 2.24) is 9.80 Å². The Morgan fingerprint density at radius 1 is 1.00 bits per heavy atom. The smallest absolute Gasteiger partial charge is 0.317 e. The average molecular weight is 290 g/mol. The number of unbranched alkanes of at least 4 members (excludes halogenated alkanes) is 2. The maximum absolute atomic E-state index is 10.7. The third-order valence-corrected chi connectivity index (χ3v) is 3.00. The number of carbonyl (C=O) groups is 2. The van der Waals surface area contributed by atoms with E-state index in [2.05, 4.69) is 6.92 Å². The van der Waals surface area contributed by atoms with Crippen molar-refractivity contribution in [2.45, 2.75) is 39.3 Å². The first kappa shape index (κ1) is 18.8. The van der Waals surface area contributed by atoms with Gasteiger partial charge in [0.05, 0.1) is 13.1 Å². The third-order valence-electron chi connectivity index (χ3n) is 3.00. The Bertz CT molecular complexity index is 280. The monoisotopic (exact) mass is 290 g/mol. The van der Waals surface area contributed by atoms with Crippen molar-refractivity contribution in [2.75, 3.05) is 32.7 Å². The minimum Gasteiger partial charge on any atom is -0.480 e. The maximum Gasteiger partial charge on any atom is 0.317 e. The zero-order chi connectivity index (χ0) is 15.5. The number of aliphatic hydroxyl groups is 1. The highest BCUT2D eigenvalue weighted by Crippen LogP contribution is 2.02. The molecule has 0 saturated heterocycles. The van der Waals surface area contributed by atoms with Gasteiger partial charge in [-0.25, -0.2) is 0 Å². The third kappa shape index (κ3) is 9.71. The van der Waals surface area contributed by atoms with Crippen molar-refractivity contribution in [3.63, 3.8) is 0 Å². The Morgan fingerprint density at radius 2 is 1.55 bits per heavy atom. The van der Waals surface area contributed by atoms with E-state index in [1.165, 1.54) is 4.90 Å². The molecule has 0 rings (SSSR count). The summed E-state index contributed by atoms with van der Waals surface area (Å²) in [5, 5.41) is 27.2. The van der Waals surface area contributed by atoms with Gasteiger partial charge in [-0.3, -0.25) is 19.4 Å². The molecule has 0 amide bonds. The molecule has 0 radical (unpaired) electrons. The first-order valence-corrected chi connectivity index (χ1v) is 6.94. The van der Waals surface area contributed by atoms with E-state index < -0.39 is 18.2 Å². The van der Waals surface area contributed by atoms with Crippen molar-refractivity contribution < 1.29 is 24.9 Å². The van der Waals surface area contributed by atoms with E-state index in [4.69, 9.17) is 10.2 Å². The lowest BCUT2D eigenvalue weighted by Crippen LogP contribution is -2.43. The fraction of sp³-hybridized carbons (Fsp3) is 0.846. The molecule has 118 valence electrons. The van der Waals surface area contributed by atoms with Crippen molar-refractivity contribution in [1.29, 1.82) is 0 Å². The summed E-state index contributed by atoms with van der Waals surface area (Å²) in [4.78, 5) is 24.5. The van der Waals surface area contributed by atoms with Gasteiger partial charge in [0.2, 0.25) is 0 Å². The van der Waals surface area contributed by atoms with Gasteiger partial charge in [0.25, 0.3) is 0 Å². The fourth-order valence-corrected chi connectivity index (χ4v) is 1.92. The quantitative estimate of drug-likeness (QED) is 0.351. The van der Waals surface area contributed by atoms with Gasteiger partial charge >= 0.3 is 11.9 Å². The SMILES string of the molecule is CCCCCN(CCN(CC(=O)O)CC(=O)O)C(C)O. The van der Waals surface area contributed by atoms with E-state index in [-0.39, 0.29) is 13.1 Å². The summed E-state index contributed by atoms with van der Waals surface area (Å²) < 4.78 is 0. The maximum atomic E-state index is 10.7. The Morgan fingerprint density at radius 3 is 1.95 bits per heavy atom. The van der Waals surface area contributed by atoms with Crippen molar-refractivity contribution in [3.8, 4) is 0 Å². The van der Waals surface area contributed by atoms with Crippen molar-refractivity contribution in [3.05, 3.63) is 0 Å². The van der Waals surface area contributed by atoms with Crippen LogP contribution in [0, 0.1) is 0 Å². The zero-order valence-corrected chi connectivity index (χ0v) is 12.3. The molecule has 0 aliphatic carbocycles. The van der Waals surface area contributed by atoms with E-state index >= 15 is 0 Å². The van der Waals surface area contributed by atoms with E-state index in [1.54, 1.807) is 6.92 Å². The molecule has 7 nitrogen and oxygen atoms in total. The molecule has 0 saturated carbocycles. The van der Waals surface area contributed by atoms with Crippen LogP contribution < -0.4 is 0 Å². The number of carboxylic acids is 2. The minimum absolute atomic E-state index is 0.301. The number of nitrogens with zero attached hydrogens (tertiary/aromatic N) is 2. The first-order chi connectivity index (χ1) is 9.36. The number of rotatable bonds is 12. The van der Waals surface area contributed by atoms with Crippen molar-refractivity contribution in [2.24, 2.45) is 0 Å². The van der Waals surface area contributed by atoms with Gasteiger partial charge in [-0.2, -0.15) is 0 Å². The van der Waals surface area contributed by atoms with E-state index in [9.17, 15) is 14.7 Å². The van der Waals surface area contributed by atoms with Crippen LogP contribution in [0.4, 0.5) is 0 Å². The molecule has 1 unspecified atom stereocenters. The van der Waals surface area contributed by atoms with Crippen LogP contribution in [0.15, 0.2) is 0 Å². The van der Waals surface area contributed by atoms with Gasteiger partial charge in [0.1, 0.15) is 6.23 Å². The van der Waals surface area contributed by atoms with Crippen LogP contribution in [0.2, 0.25) is 0 Å². The van der Waals surface area contributed by atoms with E-state index in [0.29, 0.717) is 13.1 Å². The van der Waals surface area contributed by atoms with Crippen LogP contribution in [0.5, 0.6) is 0 Å². The lowest BCUT2D eigenvalue weighted by molar-refractivity contribution is -0.141. The van der Waals surface area contributed by atoms with Gasteiger partial charge in [-0.1, -0.05) is 19.8 Å². The highest BCUT2D eigenvalue weighted by Gasteiger charge is 2.16. The summed E-state index contributed by atoms with van der Waals surface area (Å²) in [6, 6.07) is 0. The van der Waals surface area contributed by atoms with Crippen LogP contribution in [-0.2, 0) is 9.59 Å². The van der Waals surface area contributed by atoms with Gasteiger partial charge in [-0.05, 0) is 13.3 Å². The van der Waals surface area contributed by atoms with Gasteiger partial charge in [-0.15, -0.1) is 0 Å². The first-order valence-electron chi connectivity index (χ1n) is 6.94. The molecule has 3 N–H and O–H groups in total. The molecule has 7 heteroatoms. The minimum atomic E-state index is -1.05. The standard InChI is InChI=1S/C13H26N2O5/c1-3-4-5-6-15(11(2)16)8-7-14(9-12(17)18)10-13(19)20/h11,16H,3-10H2,1-2H3,(H,17,18)(H,19,20). The van der Waals surface area contributed by atoms with Crippen LogP contribution >= 0.6 is 0 Å². The predicted octanol–water partition coefficient (Wildman–Crippen LogP) is 0.288. The largest absolute Gasteiger partial charge is 0.480 e. The molecule has 20 heavy (non-hydrogen) atoms. The number of hydrogen-bond donors (Lipinski definition) is 3. The number of hydrogen-bond acceptors (Lipinski definition) is 5. The second-order valence-electron chi connectivity index (χ2n) is 4.87. The van der Waals surface area contributed by atoms with Gasteiger partial charge in [0, 0.05) is 19.6 Å². The van der Waals surface area contributed by atoms with Crippen LogP contribution in [0.1, 0.15) is 33.1 Å². The molecule has 0 spiro atoms. The Hall–Kier alpha value is -1.18. The fourth-order valence-electron chi connectivity index (χ4n) is 1.92. The second kappa shape index (κ2) is 10.6. The Kier molecular flexibility index (Phi) is 9.96. The molecular weight excluding hydrogens is 264 g/mol. The molecule has 1 atom stereocenters. The highest BCUT2D eigenvalue weighted by atomic mass is 16.4. The van der Waals surface area contributed by atoms with Crippen molar-refractivity contribution >= 4 is 11.9 Å². The summed E-state index contributed by atoms with van der Waals surface area (Å²) in [6.45, 7) is 4.60. The summed E-state index contributed by atoms with van der Waals surface area (Å²) in [7, 11) is 0. The summed E-state index contributed by atoms with van der Waals surface area (Å²) in [5.41, 5.74) is 0. The summed E-state index contributed by atoms with van der Waals surface area (Å²) >= 11 is 0. The summed E-state index contributed by atoms with van der Waals surface area (Å²) in [6.07, 6.45) is 2.48. The zero-order valence-electron chi connectivity index (χ0n) is 12.3. The van der Waals surface area contributed by atoms with Gasteiger partial charge in [0.15, 0.2) is 0 Å². The van der Waals surface area contributed by atoms with E-state index in [1.807, 2.05) is 4.90 Å². The Labute approximate surface area is 119 Å². The second-order valence-corrected chi connectivity index (χ2v) is 4.87. The van der Waals surface area contributed by atoms with Crippen LogP contribution in [-0.4, -0.2) is 76.0 Å². The lowest BCUT2D eigenvalue weighted by Gasteiger charge is -2.28. The molecule has 0 aromatic carbocycles. The number of aliphatic hydroxyl groups excluding tert-OH is 1. The normalized spacial score (nSPS) is 12.8. The molecule has 0 aromatic heterocycles. The number of aliphatic carboxylic acids is 2. The molecular formula is C13H26N2O5. The molecule has 0 fully saturated rings. The van der Waals surface area contributed by atoms with Gasteiger partial charge < -0.3 is 15.3 Å². The average Bonchev–Trinajstić information content (AvgIpc) is 2.31. The highest BCUT2D eigenvalue weighted by molar-refractivity contribution is 5.72. The molecule has 0 aliphatic heterocycles.